The van der Waals surface area contributed by atoms with Gasteiger partial charge in [0.2, 0.25) is 11.8 Å². The van der Waals surface area contributed by atoms with Crippen molar-refractivity contribution in [2.24, 2.45) is 0 Å². The Labute approximate surface area is 239 Å². The Hall–Kier alpha value is -2.32. The van der Waals surface area contributed by atoms with Crippen LogP contribution in [0.4, 0.5) is 0 Å². The topological polar surface area (TPSA) is 54.3 Å². The standard InChI is InChI=1S/C16H22N2O.C13H17N2O2.2ClH/c1-2-13-10-17(12-18-9-5-8-16(18)19)11-14-6-3-4-7-15(13)14;1-15(10-14-8-4-7-13(14)16)9-11-5-2-3-6-12(11)17-15;;/h3-4,6-7,13H,2,5,8-12H2,1H3;2-3,5-6H,4,7-10H2,1H3;2*1H/q;+1;;/p-1. The molecular formula is C29H40Cl2N4O3. The summed E-state index contributed by atoms with van der Waals surface area (Å²) in [6.45, 7) is 8.70. The SMILES string of the molecule is CCC1C[NH+](CN2CCCC2=O)Cc2ccccc21.C[N+]1(CN2CCCC2=O)Cc2ccccc2O1.[Cl-].[Cl-]. The van der Waals surface area contributed by atoms with Gasteiger partial charge < -0.3 is 34.6 Å². The third-order valence-electron chi connectivity index (χ3n) is 7.99. The average molecular weight is 564 g/mol. The minimum atomic E-state index is 0. The van der Waals surface area contributed by atoms with E-state index in [1.165, 1.54) is 23.1 Å². The van der Waals surface area contributed by atoms with Crippen LogP contribution in [0.25, 0.3) is 0 Å². The minimum absolute atomic E-state index is 0. The fourth-order valence-corrected chi connectivity index (χ4v) is 6.17. The predicted octanol–water partition coefficient (Wildman–Crippen LogP) is -3.31. The average Bonchev–Trinajstić information content (AvgIpc) is 3.57. The second-order valence-corrected chi connectivity index (χ2v) is 10.9. The molecule has 3 unspecified atom stereocenters. The lowest BCUT2D eigenvalue weighted by molar-refractivity contribution is -1.07. The molecule has 0 bridgehead atoms. The van der Waals surface area contributed by atoms with E-state index in [0.29, 0.717) is 29.6 Å². The summed E-state index contributed by atoms with van der Waals surface area (Å²) in [6, 6.07) is 16.9. The highest BCUT2D eigenvalue weighted by Gasteiger charge is 2.38. The van der Waals surface area contributed by atoms with E-state index in [0.717, 1.165) is 64.4 Å². The maximum Gasteiger partial charge on any atom is 0.227 e. The van der Waals surface area contributed by atoms with Crippen LogP contribution in [-0.4, -0.2) is 66.3 Å². The fourth-order valence-electron chi connectivity index (χ4n) is 6.17. The van der Waals surface area contributed by atoms with Gasteiger partial charge in [-0.1, -0.05) is 43.3 Å². The smallest absolute Gasteiger partial charge is 0.227 e. The Morgan fingerprint density at radius 3 is 2.18 bits per heavy atom. The number of hydrogen-bond acceptors (Lipinski definition) is 3. The number of carbonyl (C=O) groups excluding carboxylic acids is 2. The first-order valence-electron chi connectivity index (χ1n) is 13.5. The maximum absolute atomic E-state index is 11.8. The molecule has 4 aliphatic heterocycles. The number of carbonyl (C=O) groups is 2. The maximum atomic E-state index is 11.8. The van der Waals surface area contributed by atoms with Gasteiger partial charge in [0.1, 0.15) is 20.1 Å². The molecule has 0 radical (unpaired) electrons. The lowest BCUT2D eigenvalue weighted by Crippen LogP contribution is -3.13. The Balaban J connectivity index is 0.000000201. The van der Waals surface area contributed by atoms with Crippen LogP contribution < -0.4 is 34.6 Å². The monoisotopic (exact) mass is 562 g/mol. The number of rotatable bonds is 5. The summed E-state index contributed by atoms with van der Waals surface area (Å²) in [7, 11) is 2.03. The van der Waals surface area contributed by atoms with Gasteiger partial charge >= 0.3 is 0 Å². The first-order valence-corrected chi connectivity index (χ1v) is 13.5. The molecule has 2 amide bonds. The molecule has 4 heterocycles. The zero-order valence-electron chi connectivity index (χ0n) is 22.5. The van der Waals surface area contributed by atoms with Gasteiger partial charge in [-0.2, -0.15) is 0 Å². The molecule has 6 rings (SSSR count). The summed E-state index contributed by atoms with van der Waals surface area (Å²) >= 11 is 0. The van der Waals surface area contributed by atoms with Crippen molar-refractivity contribution in [3.05, 3.63) is 65.2 Å². The van der Waals surface area contributed by atoms with Crippen molar-refractivity contribution in [2.75, 3.05) is 40.0 Å². The van der Waals surface area contributed by atoms with Gasteiger partial charge in [0.15, 0.2) is 19.1 Å². The van der Waals surface area contributed by atoms with Crippen LogP contribution in [-0.2, 0) is 22.7 Å². The molecule has 0 aromatic heterocycles. The number of halogens is 2. The van der Waals surface area contributed by atoms with Crippen molar-refractivity contribution >= 4 is 11.8 Å². The lowest BCUT2D eigenvalue weighted by Gasteiger charge is -2.33. The molecule has 2 aromatic carbocycles. The molecule has 0 aliphatic carbocycles. The molecule has 9 heteroatoms. The molecule has 3 atom stereocenters. The first-order chi connectivity index (χ1) is 17.4. The van der Waals surface area contributed by atoms with E-state index >= 15 is 0 Å². The van der Waals surface area contributed by atoms with Gasteiger partial charge in [-0.25, -0.2) is 0 Å². The van der Waals surface area contributed by atoms with Crippen LogP contribution in [0.1, 0.15) is 61.6 Å². The lowest BCUT2D eigenvalue weighted by atomic mass is 9.88. The van der Waals surface area contributed by atoms with Gasteiger partial charge in [0.25, 0.3) is 0 Å². The van der Waals surface area contributed by atoms with Crippen LogP contribution in [0, 0.1) is 0 Å². The summed E-state index contributed by atoms with van der Waals surface area (Å²) in [5, 5.41) is 0. The minimum Gasteiger partial charge on any atom is -1.00 e. The Kier molecular flexibility index (Phi) is 10.5. The van der Waals surface area contributed by atoms with E-state index in [4.69, 9.17) is 4.84 Å². The van der Waals surface area contributed by atoms with Gasteiger partial charge in [0, 0.05) is 37.4 Å². The molecule has 208 valence electrons. The molecular weight excluding hydrogens is 523 g/mol. The molecule has 2 aromatic rings. The zero-order valence-corrected chi connectivity index (χ0v) is 24.0. The molecule has 0 spiro atoms. The molecule has 2 fully saturated rings. The summed E-state index contributed by atoms with van der Waals surface area (Å²) in [5.74, 6) is 2.20. The zero-order chi connectivity index (χ0) is 25.1. The number of nitrogens with zero attached hydrogens (tertiary/aromatic N) is 3. The quantitative estimate of drug-likeness (QED) is 0.388. The van der Waals surface area contributed by atoms with Crippen LogP contribution in [0.5, 0.6) is 5.75 Å². The van der Waals surface area contributed by atoms with E-state index in [-0.39, 0.29) is 30.7 Å². The number of para-hydroxylation sites is 1. The van der Waals surface area contributed by atoms with E-state index in [1.54, 1.807) is 4.90 Å². The number of amides is 2. The predicted molar refractivity (Wildman–Crippen MR) is 138 cm³/mol. The van der Waals surface area contributed by atoms with Crippen molar-refractivity contribution < 1.29 is 48.8 Å². The Morgan fingerprint density at radius 2 is 1.55 bits per heavy atom. The number of benzene rings is 2. The summed E-state index contributed by atoms with van der Waals surface area (Å²) in [6.07, 6.45) is 4.65. The van der Waals surface area contributed by atoms with E-state index in [9.17, 15) is 9.59 Å². The van der Waals surface area contributed by atoms with Crippen LogP contribution in [0.2, 0.25) is 0 Å². The van der Waals surface area contributed by atoms with Gasteiger partial charge in [-0.15, -0.1) is 4.65 Å². The number of hydrogen-bond donors (Lipinski definition) is 1. The summed E-state index contributed by atoms with van der Waals surface area (Å²) in [5.41, 5.74) is 4.23. The van der Waals surface area contributed by atoms with Crippen LogP contribution in [0.15, 0.2) is 48.5 Å². The number of fused-ring (bicyclic) bond motifs is 2. The van der Waals surface area contributed by atoms with Crippen molar-refractivity contribution in [3.8, 4) is 5.75 Å². The van der Waals surface area contributed by atoms with Crippen molar-refractivity contribution in [1.82, 2.24) is 9.80 Å². The van der Waals surface area contributed by atoms with Crippen molar-refractivity contribution in [3.63, 3.8) is 0 Å². The molecule has 7 nitrogen and oxygen atoms in total. The molecule has 2 saturated heterocycles. The van der Waals surface area contributed by atoms with Gasteiger partial charge in [0.05, 0.1) is 12.1 Å². The van der Waals surface area contributed by atoms with E-state index in [2.05, 4.69) is 42.2 Å². The van der Waals surface area contributed by atoms with Crippen LogP contribution >= 0.6 is 0 Å². The molecule has 4 aliphatic rings. The van der Waals surface area contributed by atoms with Crippen LogP contribution in [0.3, 0.4) is 0 Å². The third-order valence-corrected chi connectivity index (χ3v) is 7.99. The van der Waals surface area contributed by atoms with E-state index in [1.807, 2.05) is 30.1 Å². The molecule has 0 saturated carbocycles. The fraction of sp³-hybridized carbons (Fsp3) is 0.517. The second-order valence-electron chi connectivity index (χ2n) is 10.9. The molecule has 38 heavy (non-hydrogen) atoms. The third kappa shape index (κ3) is 6.81. The Bertz CT molecular complexity index is 1090. The number of quaternary nitrogens is 2. The first kappa shape index (κ1) is 30.2. The second kappa shape index (κ2) is 13.2. The highest BCUT2D eigenvalue weighted by Crippen LogP contribution is 2.32. The molecule has 1 N–H and O–H groups in total. The highest BCUT2D eigenvalue weighted by molar-refractivity contribution is 5.78. The van der Waals surface area contributed by atoms with E-state index < -0.39 is 0 Å². The Morgan fingerprint density at radius 1 is 0.921 bits per heavy atom. The van der Waals surface area contributed by atoms with Gasteiger partial charge in [-0.05, 0) is 37.0 Å². The summed E-state index contributed by atoms with van der Waals surface area (Å²) < 4.78 is 0.449. The number of likely N-dealkylation sites (tertiary alicyclic amines) is 2. The highest BCUT2D eigenvalue weighted by atomic mass is 35.5. The normalized spacial score (nSPS) is 25.4. The largest absolute Gasteiger partial charge is 1.00 e. The summed E-state index contributed by atoms with van der Waals surface area (Å²) in [4.78, 5) is 34.8. The number of nitrogens with one attached hydrogen (secondary N) is 1. The van der Waals surface area contributed by atoms with Crippen molar-refractivity contribution in [2.45, 2.75) is 58.0 Å². The number of hydroxylamine groups is 3. The van der Waals surface area contributed by atoms with Crippen molar-refractivity contribution in [1.29, 1.82) is 0 Å². The van der Waals surface area contributed by atoms with Gasteiger partial charge in [-0.3, -0.25) is 19.4 Å².